The van der Waals surface area contributed by atoms with E-state index in [1.807, 2.05) is 0 Å². The van der Waals surface area contributed by atoms with Crippen LogP contribution in [0.25, 0.3) is 0 Å². The van der Waals surface area contributed by atoms with Crippen LogP contribution in [0.15, 0.2) is 4.99 Å². The van der Waals surface area contributed by atoms with Crippen LogP contribution in [-0.2, 0) is 14.3 Å². The van der Waals surface area contributed by atoms with E-state index in [-0.39, 0.29) is 18.4 Å². The summed E-state index contributed by atoms with van der Waals surface area (Å²) in [6.07, 6.45) is 2.47. The Labute approximate surface area is 144 Å². The molecule has 1 fully saturated rings. The average molecular weight is 341 g/mol. The lowest BCUT2D eigenvalue weighted by Gasteiger charge is -2.34. The minimum Gasteiger partial charge on any atom is -0.383 e. The number of rotatable bonds is 7. The zero-order valence-electron chi connectivity index (χ0n) is 15.3. The molecule has 8 heteroatoms. The highest BCUT2D eigenvalue weighted by atomic mass is 16.5. The van der Waals surface area contributed by atoms with Crippen LogP contribution < -0.4 is 10.6 Å². The van der Waals surface area contributed by atoms with Crippen LogP contribution >= 0.6 is 0 Å². The van der Waals surface area contributed by atoms with Crippen molar-refractivity contribution in [1.29, 1.82) is 0 Å². The number of likely N-dealkylation sites (N-methyl/N-ethyl adjacent to an activating group) is 1. The smallest absolute Gasteiger partial charge is 0.243 e. The number of hydrogen-bond acceptors (Lipinski definition) is 4. The molecule has 0 bridgehead atoms. The van der Waals surface area contributed by atoms with Gasteiger partial charge in [-0.1, -0.05) is 0 Å². The Bertz CT molecular complexity index is 431. The molecule has 0 aliphatic carbocycles. The van der Waals surface area contributed by atoms with E-state index in [0.29, 0.717) is 25.5 Å². The van der Waals surface area contributed by atoms with Crippen molar-refractivity contribution < 1.29 is 14.3 Å². The number of methoxy groups -OCH3 is 1. The molecule has 1 saturated heterocycles. The van der Waals surface area contributed by atoms with Crippen LogP contribution in [0.3, 0.4) is 0 Å². The monoisotopic (exact) mass is 341 g/mol. The lowest BCUT2D eigenvalue weighted by Crippen LogP contribution is -2.47. The molecule has 0 unspecified atom stereocenters. The zero-order chi connectivity index (χ0) is 17.9. The maximum atomic E-state index is 11.8. The SMILES string of the molecule is CNC(=O)CC1CCN(C(=NCC(=O)N(C)C)NCCOC)CC1. The first-order chi connectivity index (χ1) is 11.5. The van der Waals surface area contributed by atoms with Gasteiger partial charge in [-0.3, -0.25) is 9.59 Å². The lowest BCUT2D eigenvalue weighted by atomic mass is 9.93. The second-order valence-electron chi connectivity index (χ2n) is 6.16. The fourth-order valence-corrected chi connectivity index (χ4v) is 2.53. The Hall–Kier alpha value is -1.83. The van der Waals surface area contributed by atoms with Crippen molar-refractivity contribution in [2.24, 2.45) is 10.9 Å². The Balaban J connectivity index is 2.59. The Morgan fingerprint density at radius 3 is 2.50 bits per heavy atom. The molecule has 0 atom stereocenters. The van der Waals surface area contributed by atoms with Crippen molar-refractivity contribution in [2.45, 2.75) is 19.3 Å². The van der Waals surface area contributed by atoms with Gasteiger partial charge in [0.15, 0.2) is 5.96 Å². The summed E-state index contributed by atoms with van der Waals surface area (Å²) < 4.78 is 5.06. The van der Waals surface area contributed by atoms with Gasteiger partial charge in [-0.25, -0.2) is 4.99 Å². The van der Waals surface area contributed by atoms with Gasteiger partial charge in [-0.15, -0.1) is 0 Å². The van der Waals surface area contributed by atoms with Crippen molar-refractivity contribution in [3.8, 4) is 0 Å². The molecule has 0 aromatic rings. The van der Waals surface area contributed by atoms with Gasteiger partial charge >= 0.3 is 0 Å². The molecule has 2 amide bonds. The van der Waals surface area contributed by atoms with Gasteiger partial charge in [0, 0.05) is 54.3 Å². The van der Waals surface area contributed by atoms with E-state index in [9.17, 15) is 9.59 Å². The van der Waals surface area contributed by atoms with Gasteiger partial charge < -0.3 is 25.2 Å². The molecule has 1 rings (SSSR count). The highest BCUT2D eigenvalue weighted by molar-refractivity contribution is 5.85. The number of nitrogens with one attached hydrogen (secondary N) is 2. The number of guanidine groups is 1. The molecule has 0 radical (unpaired) electrons. The first-order valence-electron chi connectivity index (χ1n) is 8.40. The van der Waals surface area contributed by atoms with Crippen molar-refractivity contribution >= 4 is 17.8 Å². The number of ether oxygens (including phenoxy) is 1. The third-order valence-corrected chi connectivity index (χ3v) is 4.12. The third-order valence-electron chi connectivity index (χ3n) is 4.12. The summed E-state index contributed by atoms with van der Waals surface area (Å²) >= 11 is 0. The summed E-state index contributed by atoms with van der Waals surface area (Å²) in [5, 5.41) is 5.93. The Kier molecular flexibility index (Phi) is 9.14. The van der Waals surface area contributed by atoms with Gasteiger partial charge in [-0.2, -0.15) is 0 Å². The molecule has 0 aromatic carbocycles. The predicted molar refractivity (Wildman–Crippen MR) is 93.9 cm³/mol. The molecular formula is C16H31N5O3. The van der Waals surface area contributed by atoms with Gasteiger partial charge in [0.05, 0.1) is 6.61 Å². The number of carbonyl (C=O) groups is 2. The van der Waals surface area contributed by atoms with Crippen LogP contribution in [0.4, 0.5) is 0 Å². The number of likely N-dealkylation sites (tertiary alicyclic amines) is 1. The molecule has 1 aliphatic rings. The molecule has 0 spiro atoms. The minimum atomic E-state index is -0.0319. The number of hydrogen-bond donors (Lipinski definition) is 2. The number of piperidine rings is 1. The summed E-state index contributed by atoms with van der Waals surface area (Å²) in [7, 11) is 6.77. The molecular weight excluding hydrogens is 310 g/mol. The largest absolute Gasteiger partial charge is 0.383 e. The first kappa shape index (κ1) is 20.2. The normalized spacial score (nSPS) is 16.0. The Morgan fingerprint density at radius 1 is 1.29 bits per heavy atom. The van der Waals surface area contributed by atoms with Crippen LogP contribution in [0.5, 0.6) is 0 Å². The summed E-state index contributed by atoms with van der Waals surface area (Å²) in [4.78, 5) is 31.4. The second-order valence-corrected chi connectivity index (χ2v) is 6.16. The maximum Gasteiger partial charge on any atom is 0.243 e. The maximum absolute atomic E-state index is 11.8. The van der Waals surface area contributed by atoms with E-state index in [1.165, 1.54) is 4.90 Å². The molecule has 8 nitrogen and oxygen atoms in total. The summed E-state index contributed by atoms with van der Waals surface area (Å²) in [5.74, 6) is 1.21. The number of amides is 2. The predicted octanol–water partition coefficient (Wildman–Crippen LogP) is -0.485. The van der Waals surface area contributed by atoms with Gasteiger partial charge in [-0.05, 0) is 18.8 Å². The van der Waals surface area contributed by atoms with E-state index in [1.54, 1.807) is 28.3 Å². The summed E-state index contributed by atoms with van der Waals surface area (Å²) in [6.45, 7) is 3.01. The highest BCUT2D eigenvalue weighted by Gasteiger charge is 2.23. The highest BCUT2D eigenvalue weighted by Crippen LogP contribution is 2.20. The van der Waals surface area contributed by atoms with E-state index >= 15 is 0 Å². The van der Waals surface area contributed by atoms with Crippen LogP contribution in [-0.4, -0.2) is 88.6 Å². The Morgan fingerprint density at radius 2 is 1.96 bits per heavy atom. The molecule has 2 N–H and O–H groups in total. The number of aliphatic imine (C=N–C) groups is 1. The van der Waals surface area contributed by atoms with Crippen LogP contribution in [0, 0.1) is 5.92 Å². The van der Waals surface area contributed by atoms with Crippen LogP contribution in [0.2, 0.25) is 0 Å². The quantitative estimate of drug-likeness (QED) is 0.371. The zero-order valence-corrected chi connectivity index (χ0v) is 15.3. The van der Waals surface area contributed by atoms with Crippen molar-refractivity contribution in [3.63, 3.8) is 0 Å². The van der Waals surface area contributed by atoms with E-state index in [0.717, 1.165) is 31.9 Å². The second kappa shape index (κ2) is 10.9. The third kappa shape index (κ3) is 7.16. The summed E-state index contributed by atoms with van der Waals surface area (Å²) in [6, 6.07) is 0. The average Bonchev–Trinajstić information content (AvgIpc) is 2.58. The molecule has 138 valence electrons. The standard InChI is InChI=1S/C16H31N5O3/c1-17-14(22)11-13-5-8-21(9-6-13)16(18-7-10-24-4)19-12-15(23)20(2)3/h13H,5-12H2,1-4H3,(H,17,22)(H,18,19). The number of nitrogens with zero attached hydrogens (tertiary/aromatic N) is 3. The number of carbonyl (C=O) groups excluding carboxylic acids is 2. The molecule has 24 heavy (non-hydrogen) atoms. The van der Waals surface area contributed by atoms with Gasteiger partial charge in [0.2, 0.25) is 11.8 Å². The lowest BCUT2D eigenvalue weighted by molar-refractivity contribution is -0.127. The van der Waals surface area contributed by atoms with Crippen molar-refractivity contribution in [2.75, 3.05) is 61.0 Å². The van der Waals surface area contributed by atoms with E-state index in [2.05, 4.69) is 20.5 Å². The molecule has 0 aromatic heterocycles. The fourth-order valence-electron chi connectivity index (χ4n) is 2.53. The topological polar surface area (TPSA) is 86.3 Å². The molecule has 1 heterocycles. The fraction of sp³-hybridized carbons (Fsp3) is 0.812. The van der Waals surface area contributed by atoms with Crippen LogP contribution in [0.1, 0.15) is 19.3 Å². The molecule has 1 aliphatic heterocycles. The van der Waals surface area contributed by atoms with E-state index < -0.39 is 0 Å². The first-order valence-corrected chi connectivity index (χ1v) is 8.40. The van der Waals surface area contributed by atoms with Gasteiger partial charge in [0.1, 0.15) is 6.54 Å². The minimum absolute atomic E-state index is 0.0319. The molecule has 0 saturated carbocycles. The van der Waals surface area contributed by atoms with Crippen molar-refractivity contribution in [1.82, 2.24) is 20.4 Å². The van der Waals surface area contributed by atoms with Crippen molar-refractivity contribution in [3.05, 3.63) is 0 Å². The van der Waals surface area contributed by atoms with Gasteiger partial charge in [0.25, 0.3) is 0 Å². The van der Waals surface area contributed by atoms with E-state index in [4.69, 9.17) is 4.74 Å². The summed E-state index contributed by atoms with van der Waals surface area (Å²) in [5.41, 5.74) is 0.